The van der Waals surface area contributed by atoms with Crippen LogP contribution in [0.4, 0.5) is 17.1 Å². The van der Waals surface area contributed by atoms with Crippen LogP contribution in [0.15, 0.2) is 42.5 Å². The molecular weight excluding hydrogens is 338 g/mol. The minimum absolute atomic E-state index is 0.0209. The minimum atomic E-state index is -0.219. The highest BCUT2D eigenvalue weighted by Crippen LogP contribution is 2.21. The van der Waals surface area contributed by atoms with Crippen molar-refractivity contribution < 1.29 is 9.59 Å². The van der Waals surface area contributed by atoms with E-state index in [2.05, 4.69) is 30.1 Å². The van der Waals surface area contributed by atoms with Gasteiger partial charge in [0.15, 0.2) is 0 Å². The number of amides is 2. The molecule has 0 radical (unpaired) electrons. The van der Waals surface area contributed by atoms with Crippen LogP contribution >= 0.6 is 0 Å². The molecule has 2 aromatic carbocycles. The average Bonchev–Trinajstić information content (AvgIpc) is 2.60. The maximum atomic E-state index is 12.5. The number of hydrogen-bond acceptors (Lipinski definition) is 3. The Labute approximate surface area is 162 Å². The number of nitrogens with one attached hydrogen (secondary N) is 1. The normalized spacial score (nSPS) is 10.4. The van der Waals surface area contributed by atoms with Gasteiger partial charge in [0.05, 0.1) is 0 Å². The van der Waals surface area contributed by atoms with E-state index in [0.717, 1.165) is 35.6 Å². The van der Waals surface area contributed by atoms with E-state index in [0.29, 0.717) is 5.69 Å². The molecule has 0 aromatic heterocycles. The highest BCUT2D eigenvalue weighted by atomic mass is 16.2. The number of benzene rings is 2. The smallest absolute Gasteiger partial charge is 0.244 e. The standard InChI is InChI=1S/C22H29N3O2/c1-6-24(7-2)20-8-10-21(11-9-20)25(18(5)26)15-22(27)23-19-13-16(3)12-17(4)14-19/h8-14H,6-7,15H2,1-5H3,(H,23,27). The van der Waals surface area contributed by atoms with Gasteiger partial charge < -0.3 is 15.1 Å². The van der Waals surface area contributed by atoms with Gasteiger partial charge in [0.1, 0.15) is 6.54 Å². The Morgan fingerprint density at radius 3 is 1.89 bits per heavy atom. The van der Waals surface area contributed by atoms with Crippen LogP contribution in [0.1, 0.15) is 31.9 Å². The van der Waals surface area contributed by atoms with Crippen LogP contribution in [0.3, 0.4) is 0 Å². The fourth-order valence-corrected chi connectivity index (χ4v) is 3.21. The fraction of sp³-hybridized carbons (Fsp3) is 0.364. The lowest BCUT2D eigenvalue weighted by atomic mass is 10.1. The second kappa shape index (κ2) is 9.21. The van der Waals surface area contributed by atoms with Gasteiger partial charge in [0, 0.05) is 37.1 Å². The minimum Gasteiger partial charge on any atom is -0.372 e. The van der Waals surface area contributed by atoms with E-state index in [-0.39, 0.29) is 18.4 Å². The van der Waals surface area contributed by atoms with Gasteiger partial charge in [-0.1, -0.05) is 6.07 Å². The average molecular weight is 367 g/mol. The van der Waals surface area contributed by atoms with Crippen molar-refractivity contribution >= 4 is 28.9 Å². The van der Waals surface area contributed by atoms with E-state index < -0.39 is 0 Å². The number of nitrogens with zero attached hydrogens (tertiary/aromatic N) is 2. The zero-order valence-corrected chi connectivity index (χ0v) is 16.9. The van der Waals surface area contributed by atoms with Crippen LogP contribution in [0.2, 0.25) is 0 Å². The first kappa shape index (κ1) is 20.5. The molecule has 0 aliphatic carbocycles. The first-order valence-corrected chi connectivity index (χ1v) is 9.35. The van der Waals surface area contributed by atoms with Gasteiger partial charge in [-0.2, -0.15) is 0 Å². The molecule has 2 aromatic rings. The summed E-state index contributed by atoms with van der Waals surface area (Å²) in [6.45, 7) is 11.5. The quantitative estimate of drug-likeness (QED) is 0.800. The van der Waals surface area contributed by atoms with Crippen molar-refractivity contribution in [3.8, 4) is 0 Å². The summed E-state index contributed by atoms with van der Waals surface area (Å²) in [6.07, 6.45) is 0. The Hall–Kier alpha value is -2.82. The molecule has 5 heteroatoms. The van der Waals surface area contributed by atoms with E-state index in [1.165, 1.54) is 11.8 Å². The van der Waals surface area contributed by atoms with E-state index in [4.69, 9.17) is 0 Å². The van der Waals surface area contributed by atoms with Gasteiger partial charge in [-0.15, -0.1) is 0 Å². The number of anilines is 3. The van der Waals surface area contributed by atoms with Crippen LogP contribution in [-0.2, 0) is 9.59 Å². The lowest BCUT2D eigenvalue weighted by molar-refractivity contribution is -0.120. The zero-order chi connectivity index (χ0) is 20.0. The first-order valence-electron chi connectivity index (χ1n) is 9.35. The van der Waals surface area contributed by atoms with Crippen LogP contribution in [-0.4, -0.2) is 31.4 Å². The molecule has 0 atom stereocenters. The van der Waals surface area contributed by atoms with Crippen molar-refractivity contribution in [2.24, 2.45) is 0 Å². The summed E-state index contributed by atoms with van der Waals surface area (Å²) >= 11 is 0. The van der Waals surface area contributed by atoms with Crippen molar-refractivity contribution in [1.29, 1.82) is 0 Å². The second-order valence-corrected chi connectivity index (χ2v) is 6.72. The molecule has 2 rings (SSSR count). The Bertz CT molecular complexity index is 775. The summed E-state index contributed by atoms with van der Waals surface area (Å²) in [5, 5.41) is 2.89. The highest BCUT2D eigenvalue weighted by molar-refractivity contribution is 6.01. The summed E-state index contributed by atoms with van der Waals surface area (Å²) < 4.78 is 0. The lowest BCUT2D eigenvalue weighted by Crippen LogP contribution is -2.36. The topological polar surface area (TPSA) is 52.6 Å². The molecule has 0 aliphatic rings. The molecule has 0 bridgehead atoms. The van der Waals surface area contributed by atoms with Crippen molar-refractivity contribution in [2.75, 3.05) is 34.8 Å². The first-order chi connectivity index (χ1) is 12.8. The van der Waals surface area contributed by atoms with Gasteiger partial charge >= 0.3 is 0 Å². The molecular formula is C22H29N3O2. The highest BCUT2D eigenvalue weighted by Gasteiger charge is 2.16. The molecule has 5 nitrogen and oxygen atoms in total. The second-order valence-electron chi connectivity index (χ2n) is 6.72. The van der Waals surface area contributed by atoms with Crippen LogP contribution in [0, 0.1) is 13.8 Å². The zero-order valence-electron chi connectivity index (χ0n) is 16.9. The lowest BCUT2D eigenvalue weighted by Gasteiger charge is -2.24. The van der Waals surface area contributed by atoms with Gasteiger partial charge in [-0.05, 0) is 75.2 Å². The van der Waals surface area contributed by atoms with Crippen molar-refractivity contribution in [2.45, 2.75) is 34.6 Å². The number of rotatable bonds is 7. The van der Waals surface area contributed by atoms with E-state index >= 15 is 0 Å². The molecule has 2 amide bonds. The molecule has 0 saturated heterocycles. The molecule has 144 valence electrons. The van der Waals surface area contributed by atoms with Gasteiger partial charge in [-0.3, -0.25) is 9.59 Å². The summed E-state index contributed by atoms with van der Waals surface area (Å²) in [6, 6.07) is 13.6. The molecule has 1 N–H and O–H groups in total. The van der Waals surface area contributed by atoms with Crippen molar-refractivity contribution in [3.05, 3.63) is 53.6 Å². The number of aryl methyl sites for hydroxylation is 2. The third-order valence-corrected chi connectivity index (χ3v) is 4.48. The Morgan fingerprint density at radius 2 is 1.41 bits per heavy atom. The molecule has 0 fully saturated rings. The number of carbonyl (C=O) groups is 2. The van der Waals surface area contributed by atoms with E-state index in [1.807, 2.05) is 50.2 Å². The molecule has 0 saturated carbocycles. The van der Waals surface area contributed by atoms with Crippen LogP contribution in [0.25, 0.3) is 0 Å². The summed E-state index contributed by atoms with van der Waals surface area (Å²) in [4.78, 5) is 28.3. The Balaban J connectivity index is 2.12. The predicted molar refractivity (Wildman–Crippen MR) is 113 cm³/mol. The Kier molecular flexibility index (Phi) is 6.99. The maximum absolute atomic E-state index is 12.5. The Morgan fingerprint density at radius 1 is 0.889 bits per heavy atom. The molecule has 27 heavy (non-hydrogen) atoms. The van der Waals surface area contributed by atoms with E-state index in [1.54, 1.807) is 0 Å². The SMILES string of the molecule is CCN(CC)c1ccc(N(CC(=O)Nc2cc(C)cc(C)c2)C(C)=O)cc1. The van der Waals surface area contributed by atoms with Crippen molar-refractivity contribution in [1.82, 2.24) is 0 Å². The maximum Gasteiger partial charge on any atom is 0.244 e. The van der Waals surface area contributed by atoms with Crippen LogP contribution in [0.5, 0.6) is 0 Å². The number of carbonyl (C=O) groups excluding carboxylic acids is 2. The van der Waals surface area contributed by atoms with E-state index in [9.17, 15) is 9.59 Å². The predicted octanol–water partition coefficient (Wildman–Crippen LogP) is 4.14. The fourth-order valence-electron chi connectivity index (χ4n) is 3.21. The summed E-state index contributed by atoms with van der Waals surface area (Å²) in [5.41, 5.74) is 4.74. The monoisotopic (exact) mass is 367 g/mol. The molecule has 0 unspecified atom stereocenters. The van der Waals surface area contributed by atoms with Crippen molar-refractivity contribution in [3.63, 3.8) is 0 Å². The largest absolute Gasteiger partial charge is 0.372 e. The van der Waals surface area contributed by atoms with Gasteiger partial charge in [-0.25, -0.2) is 0 Å². The molecule has 0 spiro atoms. The van der Waals surface area contributed by atoms with Gasteiger partial charge in [0.25, 0.3) is 0 Å². The van der Waals surface area contributed by atoms with Gasteiger partial charge in [0.2, 0.25) is 11.8 Å². The third kappa shape index (κ3) is 5.58. The summed E-state index contributed by atoms with van der Waals surface area (Å²) in [5.74, 6) is -0.385. The summed E-state index contributed by atoms with van der Waals surface area (Å²) in [7, 11) is 0. The number of hydrogen-bond donors (Lipinski definition) is 1. The molecule has 0 heterocycles. The molecule has 0 aliphatic heterocycles. The third-order valence-electron chi connectivity index (χ3n) is 4.48. The van der Waals surface area contributed by atoms with Crippen LogP contribution < -0.4 is 15.1 Å².